The van der Waals surface area contributed by atoms with Gasteiger partial charge in [-0.15, -0.1) is 0 Å². The quantitative estimate of drug-likeness (QED) is 0.516. The van der Waals surface area contributed by atoms with Crippen molar-refractivity contribution in [2.45, 2.75) is 12.1 Å². The second kappa shape index (κ2) is 3.84. The van der Waals surface area contributed by atoms with Gasteiger partial charge in [-0.25, -0.2) is 4.39 Å². The monoisotopic (exact) mass is 212 g/mol. The molecule has 13 heavy (non-hydrogen) atoms. The van der Waals surface area contributed by atoms with Gasteiger partial charge in [-0.2, -0.15) is 26.3 Å². The van der Waals surface area contributed by atoms with Crippen LogP contribution in [0.3, 0.4) is 0 Å². The molecular weight excluding hydrogens is 209 g/mol. The van der Waals surface area contributed by atoms with Gasteiger partial charge in [0.05, 0.1) is 0 Å². The largest absolute Gasteiger partial charge is 0.462 e. The third kappa shape index (κ3) is 3.51. The molecule has 0 aromatic carbocycles. The lowest BCUT2D eigenvalue weighted by Gasteiger charge is -2.18. The third-order valence-corrected chi connectivity index (χ3v) is 0.892. The maximum atomic E-state index is 11.9. The minimum atomic E-state index is -5.84. The highest BCUT2D eigenvalue weighted by Crippen LogP contribution is 2.35. The molecule has 1 nitrogen and oxygen atoms in total. The molecule has 0 amide bonds. The van der Waals surface area contributed by atoms with Crippen LogP contribution in [0.1, 0.15) is 0 Å². The fourth-order valence-corrected chi connectivity index (χ4v) is 0.273. The predicted octanol–water partition coefficient (Wildman–Crippen LogP) is 2.94. The first-order valence-electron chi connectivity index (χ1n) is 2.74. The maximum absolute atomic E-state index is 11.9. The zero-order valence-electron chi connectivity index (χ0n) is 5.84. The minimum Gasteiger partial charge on any atom is -0.462 e. The van der Waals surface area contributed by atoms with Gasteiger partial charge in [0.15, 0.2) is 12.9 Å². The van der Waals surface area contributed by atoms with Gasteiger partial charge in [-0.3, -0.25) is 0 Å². The van der Waals surface area contributed by atoms with Crippen molar-refractivity contribution >= 4 is 0 Å². The molecule has 0 saturated carbocycles. The molecule has 0 spiro atoms. The molecule has 8 heteroatoms. The van der Waals surface area contributed by atoms with E-state index in [-0.39, 0.29) is 0 Å². The molecule has 0 aliphatic heterocycles. The fourth-order valence-electron chi connectivity index (χ4n) is 0.273. The summed E-state index contributed by atoms with van der Waals surface area (Å²) in [6.45, 7) is -2.29. The fraction of sp³-hybridized carbons (Fsp3) is 0.600. The first-order valence-corrected chi connectivity index (χ1v) is 2.74. The van der Waals surface area contributed by atoms with E-state index in [2.05, 4.69) is 4.74 Å². The van der Waals surface area contributed by atoms with Gasteiger partial charge in [0.1, 0.15) is 0 Å². The highest BCUT2D eigenvalue weighted by atomic mass is 19.4. The lowest BCUT2D eigenvalue weighted by molar-refractivity contribution is -0.295. The molecular formula is C5H3F7O. The topological polar surface area (TPSA) is 9.23 Å². The molecule has 0 unspecified atom stereocenters. The molecule has 0 aromatic heterocycles. The van der Waals surface area contributed by atoms with Crippen molar-refractivity contribution in [3.05, 3.63) is 12.3 Å². The van der Waals surface area contributed by atoms with Crippen LogP contribution >= 0.6 is 0 Å². The molecule has 0 rings (SSSR count). The van der Waals surface area contributed by atoms with E-state index < -0.39 is 31.0 Å². The first-order chi connectivity index (χ1) is 5.70. The zero-order valence-corrected chi connectivity index (χ0v) is 5.84. The third-order valence-electron chi connectivity index (χ3n) is 0.892. The normalized spacial score (nSPS) is 14.5. The Kier molecular flexibility index (Phi) is 3.56. The Balaban J connectivity index is 4.20. The lowest BCUT2D eigenvalue weighted by Crippen LogP contribution is -2.40. The van der Waals surface area contributed by atoms with Crippen molar-refractivity contribution in [1.29, 1.82) is 0 Å². The van der Waals surface area contributed by atoms with Crippen LogP contribution in [0.2, 0.25) is 0 Å². The van der Waals surface area contributed by atoms with Crippen LogP contribution in [0.5, 0.6) is 0 Å². The molecule has 0 bridgehead atoms. The highest BCUT2D eigenvalue weighted by molar-refractivity contribution is 4.79. The highest BCUT2D eigenvalue weighted by Gasteiger charge is 2.58. The van der Waals surface area contributed by atoms with Crippen molar-refractivity contribution < 1.29 is 35.5 Å². The summed E-state index contributed by atoms with van der Waals surface area (Å²) >= 11 is 0. The maximum Gasteiger partial charge on any atom is 0.456 e. The van der Waals surface area contributed by atoms with Crippen LogP contribution in [0.4, 0.5) is 30.7 Å². The van der Waals surface area contributed by atoms with E-state index >= 15 is 0 Å². The summed E-state index contributed by atoms with van der Waals surface area (Å²) < 4.78 is 83.5. The van der Waals surface area contributed by atoms with E-state index in [1.807, 2.05) is 0 Å². The van der Waals surface area contributed by atoms with Crippen LogP contribution in [0.15, 0.2) is 12.3 Å². The molecule has 0 heterocycles. The second-order valence-electron chi connectivity index (χ2n) is 1.90. The van der Waals surface area contributed by atoms with Gasteiger partial charge >= 0.3 is 18.1 Å². The number of hydrogen-bond donors (Lipinski definition) is 0. The Morgan fingerprint density at radius 2 is 1.62 bits per heavy atom. The van der Waals surface area contributed by atoms with Gasteiger partial charge in [-0.05, 0) is 0 Å². The van der Waals surface area contributed by atoms with Gasteiger partial charge in [0.2, 0.25) is 0 Å². The summed E-state index contributed by atoms with van der Waals surface area (Å²) in [5.74, 6) is -5.20. The first kappa shape index (κ1) is 12.0. The number of ether oxygens (including phenoxy) is 1. The second-order valence-corrected chi connectivity index (χ2v) is 1.90. The summed E-state index contributed by atoms with van der Waals surface area (Å²) in [5, 5.41) is 0. The standard InChI is InChI=1S/C5H3F7O/c6-1-3(7)13-2-4(8,9)5(10,11)12/h1H,2H2. The summed E-state index contributed by atoms with van der Waals surface area (Å²) in [4.78, 5) is 0. The van der Waals surface area contributed by atoms with Gasteiger partial charge < -0.3 is 4.74 Å². The van der Waals surface area contributed by atoms with Gasteiger partial charge in [-0.1, -0.05) is 0 Å². The van der Waals surface area contributed by atoms with E-state index in [9.17, 15) is 30.7 Å². The number of hydrogen-bond acceptors (Lipinski definition) is 1. The lowest BCUT2D eigenvalue weighted by atomic mass is 10.3. The van der Waals surface area contributed by atoms with Crippen molar-refractivity contribution in [2.24, 2.45) is 0 Å². The SMILES string of the molecule is FC=C(F)OCC(F)(F)C(F)(F)F. The number of halogens is 7. The van der Waals surface area contributed by atoms with Crippen LogP contribution in [-0.4, -0.2) is 18.7 Å². The minimum absolute atomic E-state index is 0.869. The van der Waals surface area contributed by atoms with Gasteiger partial charge in [0.25, 0.3) is 0 Å². The molecule has 0 saturated heterocycles. The summed E-state index contributed by atoms with van der Waals surface area (Å²) in [5.41, 5.74) is 0. The number of rotatable bonds is 3. The van der Waals surface area contributed by atoms with Crippen molar-refractivity contribution in [3.8, 4) is 0 Å². The molecule has 78 valence electrons. The predicted molar refractivity (Wildman–Crippen MR) is 27.3 cm³/mol. The van der Waals surface area contributed by atoms with Gasteiger partial charge in [0, 0.05) is 0 Å². The van der Waals surface area contributed by atoms with E-state index in [0.717, 1.165) is 0 Å². The number of alkyl halides is 5. The molecule has 0 aliphatic rings. The smallest absolute Gasteiger partial charge is 0.456 e. The zero-order chi connectivity index (χ0) is 10.7. The molecule has 0 radical (unpaired) electrons. The van der Waals surface area contributed by atoms with Crippen molar-refractivity contribution in [3.63, 3.8) is 0 Å². The van der Waals surface area contributed by atoms with Crippen molar-refractivity contribution in [1.82, 2.24) is 0 Å². The van der Waals surface area contributed by atoms with Crippen LogP contribution in [0.25, 0.3) is 0 Å². The Hall–Kier alpha value is -0.950. The van der Waals surface area contributed by atoms with Crippen LogP contribution < -0.4 is 0 Å². The van der Waals surface area contributed by atoms with E-state index in [1.54, 1.807) is 0 Å². The summed E-state index contributed by atoms with van der Waals surface area (Å²) in [7, 11) is 0. The average Bonchev–Trinajstić information content (AvgIpc) is 1.98. The Bertz CT molecular complexity index is 194. The molecule has 0 aromatic rings. The molecule has 0 N–H and O–H groups in total. The Labute approximate surface area is 67.8 Å². The summed E-state index contributed by atoms with van der Waals surface area (Å²) in [6, 6.07) is -2.14. The van der Waals surface area contributed by atoms with Crippen LogP contribution in [0, 0.1) is 0 Å². The van der Waals surface area contributed by atoms with Crippen LogP contribution in [-0.2, 0) is 4.74 Å². The average molecular weight is 212 g/mol. The van der Waals surface area contributed by atoms with E-state index in [0.29, 0.717) is 0 Å². The Morgan fingerprint density at radius 3 is 1.92 bits per heavy atom. The molecule has 0 atom stereocenters. The molecule has 0 fully saturated rings. The van der Waals surface area contributed by atoms with E-state index in [4.69, 9.17) is 0 Å². The Morgan fingerprint density at radius 1 is 1.15 bits per heavy atom. The van der Waals surface area contributed by atoms with Crippen molar-refractivity contribution in [2.75, 3.05) is 6.61 Å². The van der Waals surface area contributed by atoms with E-state index in [1.165, 1.54) is 0 Å². The molecule has 0 aliphatic carbocycles. The summed E-state index contributed by atoms with van der Waals surface area (Å²) in [6.07, 6.45) is -6.71.